The van der Waals surface area contributed by atoms with Gasteiger partial charge in [-0.15, -0.1) is 0 Å². The molecule has 0 saturated heterocycles. The largest absolute Gasteiger partial charge is 0.275 e. The number of aromatic nitrogens is 2. The maximum atomic E-state index is 10.8. The van der Waals surface area contributed by atoms with Crippen molar-refractivity contribution in [2.24, 2.45) is 0 Å². The van der Waals surface area contributed by atoms with Crippen molar-refractivity contribution in [3.05, 3.63) is 42.0 Å². The quantitative estimate of drug-likeness (QED) is 0.720. The Morgan fingerprint density at radius 1 is 1.33 bits per heavy atom. The van der Waals surface area contributed by atoms with Crippen molar-refractivity contribution >= 4 is 22.4 Å². The zero-order chi connectivity index (χ0) is 10.7. The molecule has 0 unspecified atom stereocenters. The van der Waals surface area contributed by atoms with Crippen LogP contribution in [-0.4, -0.2) is 15.2 Å². The van der Waals surface area contributed by atoms with E-state index < -0.39 is 5.24 Å². The first kappa shape index (κ1) is 10.1. The molecule has 0 radical (unpaired) electrons. The highest BCUT2D eigenvalue weighted by molar-refractivity contribution is 6.67. The molecule has 0 bridgehead atoms. The van der Waals surface area contributed by atoms with Gasteiger partial charge in [0.1, 0.15) is 0 Å². The first-order chi connectivity index (χ1) is 7.27. The predicted octanol–water partition coefficient (Wildman–Crippen LogP) is 2.59. The fourth-order valence-electron chi connectivity index (χ4n) is 1.38. The molecule has 15 heavy (non-hydrogen) atoms. The maximum Gasteiger partial charge on any atom is 0.255 e. The Bertz CT molecular complexity index is 434. The van der Waals surface area contributed by atoms with Gasteiger partial charge in [-0.05, 0) is 30.0 Å². The molecule has 4 heteroatoms. The highest BCUT2D eigenvalue weighted by Gasteiger charge is 2.08. The molecule has 1 aliphatic carbocycles. The van der Waals surface area contributed by atoms with E-state index in [1.54, 1.807) is 0 Å². The summed E-state index contributed by atoms with van der Waals surface area (Å²) in [5.74, 6) is 0.668. The monoisotopic (exact) mass is 220 g/mol. The van der Waals surface area contributed by atoms with Crippen LogP contribution in [0, 0.1) is 0 Å². The minimum absolute atomic E-state index is 0.326. The van der Waals surface area contributed by atoms with Crippen molar-refractivity contribution in [3.8, 4) is 0 Å². The summed E-state index contributed by atoms with van der Waals surface area (Å²) in [5.41, 5.74) is 1.42. The van der Waals surface area contributed by atoms with Crippen LogP contribution in [-0.2, 0) is 0 Å². The van der Waals surface area contributed by atoms with Crippen molar-refractivity contribution in [2.45, 2.75) is 12.8 Å². The fourth-order valence-corrected chi connectivity index (χ4v) is 1.48. The van der Waals surface area contributed by atoms with Crippen LogP contribution in [0.2, 0.25) is 0 Å². The van der Waals surface area contributed by atoms with Gasteiger partial charge in [-0.25, -0.2) is 9.97 Å². The maximum absolute atomic E-state index is 10.8. The molecule has 0 aromatic carbocycles. The molecule has 2 rings (SSSR count). The average molecular weight is 221 g/mol. The summed E-state index contributed by atoms with van der Waals surface area (Å²) in [4.78, 5) is 19.0. The molecule has 0 spiro atoms. The second kappa shape index (κ2) is 4.36. The molecule has 76 valence electrons. The first-order valence-corrected chi connectivity index (χ1v) is 5.03. The second-order valence-corrected chi connectivity index (χ2v) is 3.57. The zero-order valence-corrected chi connectivity index (χ0v) is 8.74. The Morgan fingerprint density at radius 2 is 2.07 bits per heavy atom. The molecule has 1 aromatic heterocycles. The SMILES string of the molecule is O=C(Cl)c1cnc(C2=CC=CCC2)nc1. The molecule has 1 heterocycles. The van der Waals surface area contributed by atoms with E-state index >= 15 is 0 Å². The van der Waals surface area contributed by atoms with Crippen LogP contribution in [0.1, 0.15) is 29.0 Å². The van der Waals surface area contributed by atoms with Crippen LogP contribution in [0.5, 0.6) is 0 Å². The lowest BCUT2D eigenvalue weighted by Crippen LogP contribution is -1.99. The van der Waals surface area contributed by atoms with Crippen molar-refractivity contribution in [3.63, 3.8) is 0 Å². The van der Waals surface area contributed by atoms with Crippen molar-refractivity contribution < 1.29 is 4.79 Å². The van der Waals surface area contributed by atoms with E-state index in [1.165, 1.54) is 12.4 Å². The standard InChI is InChI=1S/C11H9ClN2O/c12-10(15)9-6-13-11(14-7-9)8-4-2-1-3-5-8/h1-2,4,6-7H,3,5H2. The third-order valence-corrected chi connectivity index (χ3v) is 2.40. The van der Waals surface area contributed by atoms with Crippen LogP contribution in [0.4, 0.5) is 0 Å². The van der Waals surface area contributed by atoms with E-state index in [9.17, 15) is 4.79 Å². The van der Waals surface area contributed by atoms with Crippen LogP contribution in [0.25, 0.3) is 5.57 Å². The number of hydrogen-bond acceptors (Lipinski definition) is 3. The topological polar surface area (TPSA) is 42.9 Å². The number of hydrogen-bond donors (Lipinski definition) is 0. The Balaban J connectivity index is 2.27. The second-order valence-electron chi connectivity index (χ2n) is 3.23. The minimum Gasteiger partial charge on any atom is -0.275 e. The normalized spacial score (nSPS) is 14.9. The van der Waals surface area contributed by atoms with Gasteiger partial charge in [0.05, 0.1) is 5.56 Å². The van der Waals surface area contributed by atoms with E-state index in [4.69, 9.17) is 11.6 Å². The average Bonchev–Trinajstić information content (AvgIpc) is 2.30. The molecule has 0 fully saturated rings. The summed E-state index contributed by atoms with van der Waals surface area (Å²) in [6, 6.07) is 0. The van der Waals surface area contributed by atoms with Crippen LogP contribution in [0.15, 0.2) is 30.6 Å². The Morgan fingerprint density at radius 3 is 2.60 bits per heavy atom. The Kier molecular flexibility index (Phi) is 2.92. The number of allylic oxidation sites excluding steroid dienone is 4. The summed E-state index contributed by atoms with van der Waals surface area (Å²) >= 11 is 5.30. The summed E-state index contributed by atoms with van der Waals surface area (Å²) < 4.78 is 0. The van der Waals surface area contributed by atoms with Crippen LogP contribution < -0.4 is 0 Å². The highest BCUT2D eigenvalue weighted by Crippen LogP contribution is 2.19. The van der Waals surface area contributed by atoms with Crippen molar-refractivity contribution in [1.29, 1.82) is 0 Å². The van der Waals surface area contributed by atoms with Gasteiger partial charge in [-0.1, -0.05) is 18.2 Å². The molecular formula is C11H9ClN2O. The van der Waals surface area contributed by atoms with Crippen LogP contribution >= 0.6 is 11.6 Å². The Labute approximate surface area is 92.5 Å². The van der Waals surface area contributed by atoms with Crippen molar-refractivity contribution in [2.75, 3.05) is 0 Å². The summed E-state index contributed by atoms with van der Waals surface area (Å²) in [5, 5.41) is -0.529. The van der Waals surface area contributed by atoms with Gasteiger partial charge in [0.25, 0.3) is 5.24 Å². The summed E-state index contributed by atoms with van der Waals surface area (Å²) in [6.45, 7) is 0. The summed E-state index contributed by atoms with van der Waals surface area (Å²) in [7, 11) is 0. The number of rotatable bonds is 2. The lowest BCUT2D eigenvalue weighted by atomic mass is 10.0. The van der Waals surface area contributed by atoms with Gasteiger partial charge < -0.3 is 0 Å². The van der Waals surface area contributed by atoms with E-state index in [1.807, 2.05) is 12.2 Å². The molecule has 0 N–H and O–H groups in total. The van der Waals surface area contributed by atoms with E-state index in [2.05, 4.69) is 16.0 Å². The molecule has 0 atom stereocenters. The number of carbonyl (C=O) groups is 1. The number of carbonyl (C=O) groups excluding carboxylic acids is 1. The van der Waals surface area contributed by atoms with Gasteiger partial charge in [-0.3, -0.25) is 4.79 Å². The predicted molar refractivity (Wildman–Crippen MR) is 58.6 cm³/mol. The molecule has 0 saturated carbocycles. The lowest BCUT2D eigenvalue weighted by molar-refractivity contribution is 0.108. The van der Waals surface area contributed by atoms with Gasteiger partial charge in [0.15, 0.2) is 5.82 Å². The Hall–Kier alpha value is -1.48. The zero-order valence-electron chi connectivity index (χ0n) is 7.98. The smallest absolute Gasteiger partial charge is 0.255 e. The van der Waals surface area contributed by atoms with Gasteiger partial charge >= 0.3 is 0 Å². The van der Waals surface area contributed by atoms with Crippen molar-refractivity contribution in [1.82, 2.24) is 9.97 Å². The molecule has 0 aliphatic heterocycles. The molecule has 3 nitrogen and oxygen atoms in total. The lowest BCUT2D eigenvalue weighted by Gasteiger charge is -2.06. The third-order valence-electron chi connectivity index (χ3n) is 2.18. The number of halogens is 1. The third kappa shape index (κ3) is 2.30. The van der Waals surface area contributed by atoms with Gasteiger partial charge in [0.2, 0.25) is 0 Å². The number of nitrogens with zero attached hydrogens (tertiary/aromatic N) is 2. The van der Waals surface area contributed by atoms with E-state index in [0.717, 1.165) is 18.4 Å². The van der Waals surface area contributed by atoms with E-state index in [0.29, 0.717) is 11.4 Å². The first-order valence-electron chi connectivity index (χ1n) is 4.65. The molecule has 0 amide bonds. The summed E-state index contributed by atoms with van der Waals surface area (Å²) in [6.07, 6.45) is 10.9. The van der Waals surface area contributed by atoms with E-state index in [-0.39, 0.29) is 0 Å². The molecule has 1 aliphatic rings. The van der Waals surface area contributed by atoms with Gasteiger partial charge in [-0.2, -0.15) is 0 Å². The van der Waals surface area contributed by atoms with Gasteiger partial charge in [0, 0.05) is 12.4 Å². The molecular weight excluding hydrogens is 212 g/mol. The minimum atomic E-state index is -0.529. The highest BCUT2D eigenvalue weighted by atomic mass is 35.5. The fraction of sp³-hybridized carbons (Fsp3) is 0.182. The van der Waals surface area contributed by atoms with Crippen LogP contribution in [0.3, 0.4) is 0 Å². The molecule has 1 aromatic rings.